The molecule has 1 aromatic rings. The summed E-state index contributed by atoms with van der Waals surface area (Å²) in [4.78, 5) is 19.7. The van der Waals surface area contributed by atoms with Gasteiger partial charge >= 0.3 is 0 Å². The summed E-state index contributed by atoms with van der Waals surface area (Å²) >= 11 is 0. The van der Waals surface area contributed by atoms with E-state index in [-0.39, 0.29) is 5.91 Å². The van der Waals surface area contributed by atoms with Crippen molar-refractivity contribution in [2.75, 3.05) is 32.1 Å². The molecule has 1 amide bonds. The quantitative estimate of drug-likeness (QED) is 0.869. The third kappa shape index (κ3) is 3.23. The van der Waals surface area contributed by atoms with Crippen molar-refractivity contribution in [1.82, 2.24) is 9.88 Å². The van der Waals surface area contributed by atoms with E-state index < -0.39 is 5.60 Å². The molecule has 1 saturated heterocycles. The predicted octanol–water partition coefficient (Wildman–Crippen LogP) is 1.13. The van der Waals surface area contributed by atoms with Gasteiger partial charge in [0.2, 0.25) is 0 Å². The highest BCUT2D eigenvalue weighted by Crippen LogP contribution is 2.24. The van der Waals surface area contributed by atoms with E-state index in [0.29, 0.717) is 12.1 Å². The standard InChI is InChI=1S/C14H21N3O2/c1-14(19)7-4-8-17(10-14)12-6-5-11(9-15-12)13(18)16(2)3/h5-6,9,19H,4,7-8,10H2,1-3H3. The molecule has 1 fully saturated rings. The topological polar surface area (TPSA) is 56.7 Å². The van der Waals surface area contributed by atoms with Crippen LogP contribution in [0, 0.1) is 0 Å². The van der Waals surface area contributed by atoms with Crippen LogP contribution >= 0.6 is 0 Å². The maximum atomic E-state index is 11.8. The van der Waals surface area contributed by atoms with Crippen LogP contribution in [0.2, 0.25) is 0 Å². The molecule has 1 atom stereocenters. The smallest absolute Gasteiger partial charge is 0.254 e. The lowest BCUT2D eigenvalue weighted by Gasteiger charge is -2.37. The van der Waals surface area contributed by atoms with Gasteiger partial charge in [0.1, 0.15) is 5.82 Å². The molecule has 0 aliphatic carbocycles. The van der Waals surface area contributed by atoms with Crippen LogP contribution in [0.4, 0.5) is 5.82 Å². The molecule has 1 N–H and O–H groups in total. The van der Waals surface area contributed by atoms with Crippen molar-refractivity contribution in [2.24, 2.45) is 0 Å². The van der Waals surface area contributed by atoms with Crippen molar-refractivity contribution in [3.63, 3.8) is 0 Å². The van der Waals surface area contributed by atoms with Crippen LogP contribution in [0.1, 0.15) is 30.1 Å². The van der Waals surface area contributed by atoms with Crippen LogP contribution < -0.4 is 4.90 Å². The first kappa shape index (κ1) is 13.8. The summed E-state index contributed by atoms with van der Waals surface area (Å²) in [7, 11) is 3.44. The summed E-state index contributed by atoms with van der Waals surface area (Å²) in [6, 6.07) is 3.63. The van der Waals surface area contributed by atoms with E-state index >= 15 is 0 Å². The SMILES string of the molecule is CN(C)C(=O)c1ccc(N2CCCC(C)(O)C2)nc1. The molecule has 104 valence electrons. The second-order valence-electron chi connectivity index (χ2n) is 5.63. The molecule has 0 aromatic carbocycles. The number of anilines is 1. The normalized spacial score (nSPS) is 23.3. The Balaban J connectivity index is 2.12. The minimum Gasteiger partial charge on any atom is -0.388 e. The van der Waals surface area contributed by atoms with Gasteiger partial charge in [-0.3, -0.25) is 4.79 Å². The largest absolute Gasteiger partial charge is 0.388 e. The van der Waals surface area contributed by atoms with E-state index in [2.05, 4.69) is 9.88 Å². The molecule has 1 unspecified atom stereocenters. The predicted molar refractivity (Wildman–Crippen MR) is 74.3 cm³/mol. The maximum Gasteiger partial charge on any atom is 0.254 e. The van der Waals surface area contributed by atoms with Crippen LogP contribution in [0.5, 0.6) is 0 Å². The summed E-state index contributed by atoms with van der Waals surface area (Å²) in [5, 5.41) is 10.1. The van der Waals surface area contributed by atoms with Gasteiger partial charge in [-0.25, -0.2) is 4.98 Å². The molecule has 1 aliphatic heterocycles. The van der Waals surface area contributed by atoms with Gasteiger partial charge in [-0.1, -0.05) is 0 Å². The number of carbonyl (C=O) groups excluding carboxylic acids is 1. The highest BCUT2D eigenvalue weighted by atomic mass is 16.3. The summed E-state index contributed by atoms with van der Waals surface area (Å²) in [6.45, 7) is 3.33. The molecular formula is C14H21N3O2. The van der Waals surface area contributed by atoms with Crippen LogP contribution in [0.15, 0.2) is 18.3 Å². The van der Waals surface area contributed by atoms with Gasteiger partial charge < -0.3 is 14.9 Å². The fourth-order valence-corrected chi connectivity index (χ4v) is 2.37. The lowest BCUT2D eigenvalue weighted by Crippen LogP contribution is -2.46. The minimum atomic E-state index is -0.655. The first-order valence-corrected chi connectivity index (χ1v) is 6.54. The number of pyridine rings is 1. The van der Waals surface area contributed by atoms with Crippen molar-refractivity contribution in [2.45, 2.75) is 25.4 Å². The number of piperidine rings is 1. The fraction of sp³-hybridized carbons (Fsp3) is 0.571. The van der Waals surface area contributed by atoms with Gasteiger partial charge in [-0.15, -0.1) is 0 Å². The average molecular weight is 263 g/mol. The number of nitrogens with zero attached hydrogens (tertiary/aromatic N) is 3. The Bertz CT molecular complexity index is 454. The maximum absolute atomic E-state index is 11.8. The van der Waals surface area contributed by atoms with Crippen molar-refractivity contribution in [3.8, 4) is 0 Å². The highest BCUT2D eigenvalue weighted by Gasteiger charge is 2.28. The second-order valence-corrected chi connectivity index (χ2v) is 5.63. The summed E-state index contributed by atoms with van der Waals surface area (Å²) < 4.78 is 0. The van der Waals surface area contributed by atoms with Crippen molar-refractivity contribution in [3.05, 3.63) is 23.9 Å². The van der Waals surface area contributed by atoms with Gasteiger partial charge in [0.15, 0.2) is 0 Å². The molecule has 19 heavy (non-hydrogen) atoms. The molecular weight excluding hydrogens is 242 g/mol. The van der Waals surface area contributed by atoms with Crippen molar-refractivity contribution < 1.29 is 9.90 Å². The Kier molecular flexibility index (Phi) is 3.75. The average Bonchev–Trinajstić information content (AvgIpc) is 2.37. The zero-order chi connectivity index (χ0) is 14.0. The summed E-state index contributed by atoms with van der Waals surface area (Å²) in [5.74, 6) is 0.764. The van der Waals surface area contributed by atoms with Crippen LogP contribution in [0.25, 0.3) is 0 Å². The Labute approximate surface area is 113 Å². The number of aliphatic hydroxyl groups is 1. The molecule has 2 rings (SSSR count). The zero-order valence-corrected chi connectivity index (χ0v) is 11.8. The third-order valence-corrected chi connectivity index (χ3v) is 3.40. The van der Waals surface area contributed by atoms with Gasteiger partial charge in [0.25, 0.3) is 5.91 Å². The lowest BCUT2D eigenvalue weighted by molar-refractivity contribution is 0.0447. The Morgan fingerprint density at radius 1 is 1.47 bits per heavy atom. The number of hydrogen-bond acceptors (Lipinski definition) is 4. The van der Waals surface area contributed by atoms with E-state index in [1.54, 1.807) is 26.4 Å². The summed E-state index contributed by atoms with van der Waals surface area (Å²) in [5.41, 5.74) is -0.0737. The van der Waals surface area contributed by atoms with Crippen molar-refractivity contribution in [1.29, 1.82) is 0 Å². The lowest BCUT2D eigenvalue weighted by atomic mass is 9.95. The Morgan fingerprint density at radius 3 is 2.74 bits per heavy atom. The first-order chi connectivity index (χ1) is 8.89. The summed E-state index contributed by atoms with van der Waals surface area (Å²) in [6.07, 6.45) is 3.37. The molecule has 5 heteroatoms. The van der Waals surface area contributed by atoms with Gasteiger partial charge in [-0.2, -0.15) is 0 Å². The second kappa shape index (κ2) is 5.17. The van der Waals surface area contributed by atoms with E-state index in [1.165, 1.54) is 4.90 Å². The fourth-order valence-electron chi connectivity index (χ4n) is 2.37. The molecule has 0 saturated carbocycles. The number of rotatable bonds is 2. The van der Waals surface area contributed by atoms with Gasteiger partial charge in [0, 0.05) is 33.4 Å². The van der Waals surface area contributed by atoms with E-state index in [0.717, 1.165) is 25.2 Å². The van der Waals surface area contributed by atoms with Crippen LogP contribution in [0.3, 0.4) is 0 Å². The number of amides is 1. The molecule has 0 spiro atoms. The molecule has 1 aromatic heterocycles. The Hall–Kier alpha value is -1.62. The highest BCUT2D eigenvalue weighted by molar-refractivity contribution is 5.93. The monoisotopic (exact) mass is 263 g/mol. The van der Waals surface area contributed by atoms with E-state index in [4.69, 9.17) is 0 Å². The molecule has 2 heterocycles. The number of carbonyl (C=O) groups is 1. The molecule has 1 aliphatic rings. The number of aromatic nitrogens is 1. The zero-order valence-electron chi connectivity index (χ0n) is 11.8. The van der Waals surface area contributed by atoms with Crippen LogP contribution in [-0.2, 0) is 0 Å². The molecule has 5 nitrogen and oxygen atoms in total. The van der Waals surface area contributed by atoms with E-state index in [1.807, 2.05) is 13.0 Å². The van der Waals surface area contributed by atoms with E-state index in [9.17, 15) is 9.90 Å². The third-order valence-electron chi connectivity index (χ3n) is 3.40. The van der Waals surface area contributed by atoms with Gasteiger partial charge in [-0.05, 0) is 31.9 Å². The number of hydrogen-bond donors (Lipinski definition) is 1. The molecule has 0 radical (unpaired) electrons. The molecule has 0 bridgehead atoms. The first-order valence-electron chi connectivity index (χ1n) is 6.54. The van der Waals surface area contributed by atoms with Crippen molar-refractivity contribution >= 4 is 11.7 Å². The van der Waals surface area contributed by atoms with Gasteiger partial charge in [0.05, 0.1) is 11.2 Å². The minimum absolute atomic E-state index is 0.0512. The number of β-amino-alcohol motifs (C(OH)–C–C–N with tert-alkyl or cyclic N) is 1. The van der Waals surface area contributed by atoms with Crippen LogP contribution in [-0.4, -0.2) is 53.7 Å². The Morgan fingerprint density at radius 2 is 2.21 bits per heavy atom.